The number of aliphatic carboxylic acids is 1. The lowest BCUT2D eigenvalue weighted by molar-refractivity contribution is -0.325. The summed E-state index contributed by atoms with van der Waals surface area (Å²) < 4.78 is 59.2. The van der Waals surface area contributed by atoms with E-state index in [2.05, 4.69) is 27.7 Å². The predicted octanol–water partition coefficient (Wildman–Crippen LogP) is 7.10. The molecule has 0 aromatic rings. The Kier molecular flexibility index (Phi) is 22.1. The molecular formula is C53H71Cl5O19. The van der Waals surface area contributed by atoms with Crippen molar-refractivity contribution >= 4 is 99.8 Å². The Morgan fingerprint density at radius 3 is 1.87 bits per heavy atom. The first-order chi connectivity index (χ1) is 36.4. The van der Waals surface area contributed by atoms with Crippen LogP contribution in [0.25, 0.3) is 0 Å². The number of aliphatic hydroxyl groups excluding tert-OH is 1. The van der Waals surface area contributed by atoms with Crippen LogP contribution in [0.3, 0.4) is 0 Å². The number of carboxylic acids is 1. The summed E-state index contributed by atoms with van der Waals surface area (Å²) in [7, 11) is 0. The lowest BCUT2D eigenvalue weighted by atomic mass is 9.36. The summed E-state index contributed by atoms with van der Waals surface area (Å²) in [6, 6.07) is 0. The first kappa shape index (κ1) is 62.9. The number of halogens is 5. The monoisotopic (exact) mass is 1190 g/mol. The molecule has 2 heterocycles. The quantitative estimate of drug-likeness (QED) is 0.0382. The Morgan fingerprint density at radius 2 is 1.30 bits per heavy atom. The summed E-state index contributed by atoms with van der Waals surface area (Å²) in [5, 5.41) is 23.2. The highest BCUT2D eigenvalue weighted by molar-refractivity contribution is 6.27. The second kappa shape index (κ2) is 27.0. The van der Waals surface area contributed by atoms with E-state index in [0.717, 1.165) is 12.0 Å². The van der Waals surface area contributed by atoms with Crippen LogP contribution in [0.15, 0.2) is 34.9 Å². The molecule has 2 aliphatic heterocycles. The van der Waals surface area contributed by atoms with Crippen molar-refractivity contribution < 1.29 is 91.1 Å². The van der Waals surface area contributed by atoms with Crippen LogP contribution in [0.2, 0.25) is 0 Å². The number of hydrogen-bond donors (Lipinski definition) is 2. The molecule has 1 saturated heterocycles. The van der Waals surface area contributed by atoms with Crippen molar-refractivity contribution in [3.05, 3.63) is 34.9 Å². The van der Waals surface area contributed by atoms with Gasteiger partial charge in [0.1, 0.15) is 67.0 Å². The van der Waals surface area contributed by atoms with Gasteiger partial charge in [0.2, 0.25) is 0 Å². The van der Waals surface area contributed by atoms with E-state index in [1.807, 2.05) is 19.9 Å². The van der Waals surface area contributed by atoms with Crippen LogP contribution in [-0.2, 0) is 80.9 Å². The number of fused-ring (bicyclic) bond motifs is 5. The number of carbonyl (C=O) groups excluding carboxylic acids is 6. The second-order valence-electron chi connectivity index (χ2n) is 21.7. The van der Waals surface area contributed by atoms with E-state index < -0.39 is 157 Å². The smallest absolute Gasteiger partial charge is 0.331 e. The van der Waals surface area contributed by atoms with Crippen molar-refractivity contribution in [2.75, 3.05) is 42.6 Å². The minimum Gasteiger partial charge on any atom is -0.478 e. The number of allylic oxidation sites excluding steroid dienone is 2. The zero-order valence-electron chi connectivity index (χ0n) is 44.2. The van der Waals surface area contributed by atoms with Gasteiger partial charge in [0.15, 0.2) is 30.9 Å². The van der Waals surface area contributed by atoms with E-state index in [4.69, 9.17) is 105 Å². The van der Waals surface area contributed by atoms with Gasteiger partial charge in [0, 0.05) is 12.5 Å². The van der Waals surface area contributed by atoms with E-state index >= 15 is 0 Å². The standard InChI is InChI=1S/C53H71Cl5O19/c1-26(2)9-8-10-29(49(66)67)44-31-17-32(60)48-51(5)15-14-33(27(3)30(51)13-16-52(48,6)53(31,7)18-35(44)70-28(4)59)71-43-12-11-34(36(72-43)24-68-38(61)19-54)73-50-47(77-42(65)23-58)46(76-41(64)22-57)45(75-40(63)21-56)37(74-50)25-69-39(62)20-55/h9,11-12,27,30-37,43,45-48,50,60H,8,10,13-25H2,1-7H3,(H,66,67)/b44-29+/t27-,30-,31-,32?,33+,34-,35-,36+,37+,43?,45-,46-,47+,48?,50+,51-,52-,53-/m0/s1. The number of hydrogen-bond acceptors (Lipinski definition) is 18. The number of ether oxygens (including phenoxy) is 10. The Hall–Kier alpha value is -3.24. The largest absolute Gasteiger partial charge is 0.478 e. The van der Waals surface area contributed by atoms with Gasteiger partial charge in [-0.05, 0) is 117 Å². The third-order valence-corrected chi connectivity index (χ3v) is 18.1. The highest BCUT2D eigenvalue weighted by atomic mass is 35.5. The molecule has 0 amide bonds. The fourth-order valence-corrected chi connectivity index (χ4v) is 14.1. The second-order valence-corrected chi connectivity index (χ2v) is 23.1. The topological polar surface area (TPSA) is 252 Å². The Morgan fingerprint density at radius 1 is 0.714 bits per heavy atom. The third-order valence-electron chi connectivity index (χ3n) is 17.0. The summed E-state index contributed by atoms with van der Waals surface area (Å²) >= 11 is 28.9. The van der Waals surface area contributed by atoms with Gasteiger partial charge in [-0.2, -0.15) is 0 Å². The van der Waals surface area contributed by atoms with Crippen molar-refractivity contribution in [2.24, 2.45) is 39.9 Å². The Balaban J connectivity index is 1.26. The maximum Gasteiger partial charge on any atom is 0.331 e. The minimum atomic E-state index is -1.73. The molecule has 77 heavy (non-hydrogen) atoms. The molecule has 0 bridgehead atoms. The molecule has 3 unspecified atom stereocenters. The van der Waals surface area contributed by atoms with Crippen molar-refractivity contribution in [2.45, 2.75) is 167 Å². The molecular weight excluding hydrogens is 1120 g/mol. The van der Waals surface area contributed by atoms with Gasteiger partial charge in [0.05, 0.1) is 12.2 Å². The fraction of sp³-hybridized carbons (Fsp3) is 0.755. The number of carboxylic acid groups (broad SMARTS) is 1. The van der Waals surface area contributed by atoms with Gasteiger partial charge in [-0.15, -0.1) is 58.0 Å². The van der Waals surface area contributed by atoms with Crippen LogP contribution in [-0.4, -0.2) is 162 Å². The van der Waals surface area contributed by atoms with E-state index in [9.17, 15) is 43.8 Å². The molecule has 6 aliphatic rings. The summed E-state index contributed by atoms with van der Waals surface area (Å²) in [4.78, 5) is 88.7. The van der Waals surface area contributed by atoms with Crippen LogP contribution in [0, 0.1) is 39.9 Å². The molecule has 6 rings (SSSR count). The SMILES string of the molecule is CC(=O)O[C@H]1C[C@@]2(C)[C@@H](CC(O)C3[C@]2(C)CC[C@H]2[C@H](C)[C@H](OC4C=C[C@H](O[C@@H]5O[C@H](COC(=O)CCl)[C@H](OC(=O)CCl)[C@H](OC(=O)CCl)[C@H]5OC(=O)CCl)[C@@H](COC(=O)CCl)O4)CC[C@]32C)/C1=C(/CCC=C(C)C)C(=O)O. The van der Waals surface area contributed by atoms with Gasteiger partial charge in [-0.3, -0.25) is 28.8 Å². The zero-order valence-corrected chi connectivity index (χ0v) is 48.0. The first-order valence-electron chi connectivity index (χ1n) is 25.8. The van der Waals surface area contributed by atoms with Crippen molar-refractivity contribution in [1.82, 2.24) is 0 Å². The molecule has 0 aromatic carbocycles. The van der Waals surface area contributed by atoms with E-state index in [1.54, 1.807) is 12.2 Å². The van der Waals surface area contributed by atoms with Gasteiger partial charge >= 0.3 is 41.8 Å². The Labute approximate surface area is 473 Å². The maximum absolute atomic E-state index is 13.0. The number of rotatable bonds is 21. The van der Waals surface area contributed by atoms with Gasteiger partial charge < -0.3 is 57.6 Å². The van der Waals surface area contributed by atoms with E-state index in [0.29, 0.717) is 44.1 Å². The van der Waals surface area contributed by atoms with E-state index in [1.165, 1.54) is 6.92 Å². The molecule has 2 N–H and O–H groups in total. The van der Waals surface area contributed by atoms with E-state index in [-0.39, 0.29) is 47.2 Å². The van der Waals surface area contributed by atoms with Crippen LogP contribution in [0.5, 0.6) is 0 Å². The third kappa shape index (κ3) is 13.9. The zero-order chi connectivity index (χ0) is 56.7. The highest BCUT2D eigenvalue weighted by Gasteiger charge is 2.71. The Bertz CT molecular complexity index is 2270. The van der Waals surface area contributed by atoms with Crippen molar-refractivity contribution in [3.8, 4) is 0 Å². The average Bonchev–Trinajstić information content (AvgIpc) is 3.70. The van der Waals surface area contributed by atoms with Gasteiger partial charge in [-0.25, -0.2) is 4.79 Å². The van der Waals surface area contributed by atoms with Gasteiger partial charge in [0.25, 0.3) is 0 Å². The number of alkyl halides is 5. The molecule has 19 nitrogen and oxygen atoms in total. The molecule has 24 heteroatoms. The molecule has 432 valence electrons. The molecule has 4 aliphatic carbocycles. The molecule has 5 fully saturated rings. The summed E-state index contributed by atoms with van der Waals surface area (Å²) in [6.07, 6.45) is -4.15. The van der Waals surface area contributed by atoms with Gasteiger partial charge in [-0.1, -0.05) is 45.4 Å². The fourth-order valence-electron chi connectivity index (χ4n) is 13.8. The van der Waals surface area contributed by atoms with Crippen LogP contribution < -0.4 is 0 Å². The molecule has 18 atom stereocenters. The lowest BCUT2D eigenvalue weighted by Crippen LogP contribution is -2.65. The highest BCUT2D eigenvalue weighted by Crippen LogP contribution is 2.74. The molecule has 0 spiro atoms. The molecule has 0 aromatic heterocycles. The van der Waals surface area contributed by atoms with Crippen LogP contribution >= 0.6 is 58.0 Å². The maximum atomic E-state index is 13.0. The summed E-state index contributed by atoms with van der Waals surface area (Å²) in [5.74, 6) is -9.92. The lowest BCUT2D eigenvalue weighted by Gasteiger charge is -2.69. The summed E-state index contributed by atoms with van der Waals surface area (Å²) in [6.45, 7) is 13.0. The molecule has 0 radical (unpaired) electrons. The van der Waals surface area contributed by atoms with Crippen LogP contribution in [0.1, 0.15) is 99.8 Å². The average molecular weight is 1190 g/mol. The predicted molar refractivity (Wildman–Crippen MR) is 278 cm³/mol. The number of esters is 6. The normalized spacial score (nSPS) is 37.9. The van der Waals surface area contributed by atoms with Crippen LogP contribution in [0.4, 0.5) is 0 Å². The minimum absolute atomic E-state index is 0.0672. The number of aliphatic hydroxyl groups is 1. The molecule has 4 saturated carbocycles. The summed E-state index contributed by atoms with van der Waals surface area (Å²) in [5.41, 5.74) is 0.547. The number of carbonyl (C=O) groups is 7. The van der Waals surface area contributed by atoms with Crippen molar-refractivity contribution in [3.63, 3.8) is 0 Å². The first-order valence-corrected chi connectivity index (χ1v) is 28.5. The van der Waals surface area contributed by atoms with Crippen molar-refractivity contribution in [1.29, 1.82) is 0 Å².